The van der Waals surface area contributed by atoms with Crippen LogP contribution in [0.15, 0.2) is 51.8 Å². The normalized spacial score (nSPS) is 11.3. The van der Waals surface area contributed by atoms with Gasteiger partial charge >= 0.3 is 0 Å². The van der Waals surface area contributed by atoms with Crippen molar-refractivity contribution >= 4 is 48.9 Å². The second-order valence-electron chi connectivity index (χ2n) is 6.24. The highest BCUT2D eigenvalue weighted by atomic mass is 79.9. The molecule has 0 fully saturated rings. The third-order valence-electron chi connectivity index (χ3n) is 4.27. The Kier molecular flexibility index (Phi) is 8.48. The van der Waals surface area contributed by atoms with Crippen LogP contribution in [0.4, 0.5) is 17.1 Å². The van der Waals surface area contributed by atoms with Crippen LogP contribution < -0.4 is 16.0 Å². The van der Waals surface area contributed by atoms with Crippen molar-refractivity contribution in [3.8, 4) is 0 Å². The van der Waals surface area contributed by atoms with E-state index in [0.717, 1.165) is 10.2 Å². The Bertz CT molecular complexity index is 929. The Balaban J connectivity index is 2.18. The van der Waals surface area contributed by atoms with E-state index in [1.807, 2.05) is 19.1 Å². The van der Waals surface area contributed by atoms with Crippen LogP contribution in [0, 0.1) is 0 Å². The van der Waals surface area contributed by atoms with E-state index in [9.17, 15) is 13.2 Å². The number of amides is 1. The number of sulfonamides is 1. The molecule has 0 spiro atoms. The van der Waals surface area contributed by atoms with Crippen LogP contribution >= 0.6 is 15.9 Å². The fourth-order valence-electron chi connectivity index (χ4n) is 2.80. The van der Waals surface area contributed by atoms with Gasteiger partial charge in [0.25, 0.3) is 0 Å². The fraction of sp³-hybridized carbons (Fsp3) is 0.350. The fourth-order valence-corrected chi connectivity index (χ4v) is 4.55. The molecule has 0 saturated carbocycles. The van der Waals surface area contributed by atoms with Gasteiger partial charge < -0.3 is 16.0 Å². The number of halogens is 1. The van der Waals surface area contributed by atoms with Crippen molar-refractivity contribution in [2.45, 2.75) is 25.7 Å². The van der Waals surface area contributed by atoms with Gasteiger partial charge in [-0.25, -0.2) is 8.42 Å². The van der Waals surface area contributed by atoms with Gasteiger partial charge in [-0.3, -0.25) is 4.79 Å². The Hall–Kier alpha value is -2.10. The van der Waals surface area contributed by atoms with Gasteiger partial charge in [0.15, 0.2) is 0 Å². The summed E-state index contributed by atoms with van der Waals surface area (Å²) in [4.78, 5) is 12.5. The predicted octanol–water partition coefficient (Wildman–Crippen LogP) is 3.96. The van der Waals surface area contributed by atoms with E-state index >= 15 is 0 Å². The molecule has 0 aliphatic heterocycles. The number of hydrogen-bond acceptors (Lipinski definition) is 5. The van der Waals surface area contributed by atoms with Gasteiger partial charge in [-0.15, -0.1) is 0 Å². The molecule has 7 nitrogen and oxygen atoms in total. The van der Waals surface area contributed by atoms with Crippen LogP contribution in [0.5, 0.6) is 0 Å². The topological polar surface area (TPSA) is 90.5 Å². The van der Waals surface area contributed by atoms with Crippen LogP contribution in [-0.2, 0) is 14.8 Å². The maximum absolute atomic E-state index is 12.8. The van der Waals surface area contributed by atoms with Gasteiger partial charge in [0.05, 0.1) is 22.8 Å². The number of rotatable bonds is 10. The van der Waals surface area contributed by atoms with E-state index in [-0.39, 0.29) is 17.3 Å². The number of benzene rings is 2. The SMILES string of the molecule is CCNc1ccc(S(=O)(=O)N(CC)CC)cc1NCC(=O)Nc1ccc(Br)cc1. The lowest BCUT2D eigenvalue weighted by Gasteiger charge is -2.20. The molecule has 2 aromatic carbocycles. The quantitative estimate of drug-likeness (QED) is 0.476. The Morgan fingerprint density at radius 1 is 0.966 bits per heavy atom. The standard InChI is InChI=1S/C20H27BrN4O3S/c1-4-22-18-12-11-17(29(27,28)25(5-2)6-3)13-19(18)23-14-20(26)24-16-9-7-15(21)8-10-16/h7-13,22-23H,4-6,14H2,1-3H3,(H,24,26). The van der Waals surface area contributed by atoms with Crippen molar-refractivity contribution in [1.29, 1.82) is 0 Å². The van der Waals surface area contributed by atoms with E-state index in [2.05, 4.69) is 31.9 Å². The second-order valence-corrected chi connectivity index (χ2v) is 9.09. The smallest absolute Gasteiger partial charge is 0.243 e. The van der Waals surface area contributed by atoms with Crippen LogP contribution in [0.2, 0.25) is 0 Å². The number of hydrogen-bond donors (Lipinski definition) is 3. The summed E-state index contributed by atoms with van der Waals surface area (Å²) >= 11 is 3.35. The zero-order valence-corrected chi connectivity index (χ0v) is 19.2. The molecule has 29 heavy (non-hydrogen) atoms. The zero-order valence-electron chi connectivity index (χ0n) is 16.8. The van der Waals surface area contributed by atoms with Crippen LogP contribution in [-0.4, -0.2) is 44.8 Å². The monoisotopic (exact) mass is 482 g/mol. The summed E-state index contributed by atoms with van der Waals surface area (Å²) in [6.45, 7) is 7.02. The molecule has 0 heterocycles. The first-order valence-corrected chi connectivity index (χ1v) is 11.7. The highest BCUT2D eigenvalue weighted by molar-refractivity contribution is 9.10. The minimum Gasteiger partial charge on any atom is -0.384 e. The Morgan fingerprint density at radius 2 is 1.62 bits per heavy atom. The van der Waals surface area contributed by atoms with Gasteiger partial charge in [-0.2, -0.15) is 4.31 Å². The lowest BCUT2D eigenvalue weighted by molar-refractivity contribution is -0.114. The van der Waals surface area contributed by atoms with Crippen molar-refractivity contribution < 1.29 is 13.2 Å². The number of nitrogens with one attached hydrogen (secondary N) is 3. The molecule has 0 aromatic heterocycles. The first-order valence-electron chi connectivity index (χ1n) is 9.49. The van der Waals surface area contributed by atoms with Crippen molar-refractivity contribution in [3.63, 3.8) is 0 Å². The van der Waals surface area contributed by atoms with Gasteiger partial charge in [0.1, 0.15) is 0 Å². The molecule has 0 aliphatic rings. The van der Waals surface area contributed by atoms with Crippen molar-refractivity contribution in [2.75, 3.05) is 42.1 Å². The first kappa shape index (κ1) is 23.2. The maximum atomic E-state index is 12.8. The number of carbonyl (C=O) groups excluding carboxylic acids is 1. The predicted molar refractivity (Wildman–Crippen MR) is 122 cm³/mol. The van der Waals surface area contributed by atoms with Gasteiger partial charge in [-0.1, -0.05) is 29.8 Å². The molecule has 2 aromatic rings. The third kappa shape index (κ3) is 6.19. The summed E-state index contributed by atoms with van der Waals surface area (Å²) in [6.07, 6.45) is 0. The van der Waals surface area contributed by atoms with Crippen molar-refractivity contribution in [2.24, 2.45) is 0 Å². The summed E-state index contributed by atoms with van der Waals surface area (Å²) in [5, 5.41) is 9.04. The average molecular weight is 483 g/mol. The summed E-state index contributed by atoms with van der Waals surface area (Å²) in [6, 6.07) is 12.1. The summed E-state index contributed by atoms with van der Waals surface area (Å²) in [7, 11) is -3.59. The van der Waals surface area contributed by atoms with Gasteiger partial charge in [0, 0.05) is 29.8 Å². The molecule has 0 aliphatic carbocycles. The number of nitrogens with zero attached hydrogens (tertiary/aromatic N) is 1. The van der Waals surface area contributed by atoms with Crippen molar-refractivity contribution in [1.82, 2.24) is 4.31 Å². The van der Waals surface area contributed by atoms with Crippen LogP contribution in [0.1, 0.15) is 20.8 Å². The molecule has 3 N–H and O–H groups in total. The van der Waals surface area contributed by atoms with E-state index < -0.39 is 10.0 Å². The van der Waals surface area contributed by atoms with Crippen molar-refractivity contribution in [3.05, 3.63) is 46.9 Å². The van der Waals surface area contributed by atoms with E-state index in [4.69, 9.17) is 0 Å². The Morgan fingerprint density at radius 3 is 2.21 bits per heavy atom. The lowest BCUT2D eigenvalue weighted by Crippen LogP contribution is -2.30. The average Bonchev–Trinajstić information content (AvgIpc) is 2.70. The molecule has 0 radical (unpaired) electrons. The summed E-state index contributed by atoms with van der Waals surface area (Å²) in [5.41, 5.74) is 1.98. The molecular weight excluding hydrogens is 456 g/mol. The van der Waals surface area contributed by atoms with E-state index in [1.165, 1.54) is 4.31 Å². The van der Waals surface area contributed by atoms with Crippen LogP contribution in [0.25, 0.3) is 0 Å². The maximum Gasteiger partial charge on any atom is 0.243 e. The summed E-state index contributed by atoms with van der Waals surface area (Å²) < 4.78 is 28.0. The molecule has 0 saturated heterocycles. The highest BCUT2D eigenvalue weighted by Gasteiger charge is 2.22. The van der Waals surface area contributed by atoms with Crippen LogP contribution in [0.3, 0.4) is 0 Å². The van der Waals surface area contributed by atoms with Gasteiger partial charge in [-0.05, 0) is 49.4 Å². The highest BCUT2D eigenvalue weighted by Crippen LogP contribution is 2.27. The zero-order chi connectivity index (χ0) is 21.4. The Labute approximate surface area is 181 Å². The first-order chi connectivity index (χ1) is 13.8. The minimum atomic E-state index is -3.59. The molecule has 2 rings (SSSR count). The third-order valence-corrected chi connectivity index (χ3v) is 6.84. The molecule has 0 bridgehead atoms. The molecule has 1 amide bonds. The largest absolute Gasteiger partial charge is 0.384 e. The molecular formula is C20H27BrN4O3S. The number of carbonyl (C=O) groups is 1. The summed E-state index contributed by atoms with van der Waals surface area (Å²) in [5.74, 6) is -0.230. The van der Waals surface area contributed by atoms with E-state index in [1.54, 1.807) is 44.2 Å². The van der Waals surface area contributed by atoms with E-state index in [0.29, 0.717) is 31.0 Å². The molecule has 158 valence electrons. The number of anilines is 3. The van der Waals surface area contributed by atoms with Gasteiger partial charge in [0.2, 0.25) is 15.9 Å². The lowest BCUT2D eigenvalue weighted by atomic mass is 10.2. The molecule has 0 unspecified atom stereocenters. The second kappa shape index (κ2) is 10.6. The molecule has 0 atom stereocenters. The molecule has 9 heteroatoms. The minimum absolute atomic E-state index is 0.00320.